The van der Waals surface area contributed by atoms with E-state index in [2.05, 4.69) is 104 Å². The fourth-order valence-electron chi connectivity index (χ4n) is 8.89. The number of phosphoric acid groups is 1. The van der Waals surface area contributed by atoms with Crippen LogP contribution in [0.3, 0.4) is 0 Å². The maximum absolute atomic E-state index is 13.0. The summed E-state index contributed by atoms with van der Waals surface area (Å²) in [6.07, 6.45) is 82.4. The number of amides is 1. The van der Waals surface area contributed by atoms with E-state index in [0.717, 1.165) is 77.0 Å². The first-order valence-electron chi connectivity index (χ1n) is 31.6. The maximum atomic E-state index is 13.0. The Labute approximate surface area is 470 Å². The van der Waals surface area contributed by atoms with Gasteiger partial charge in [0.2, 0.25) is 5.91 Å². The molecule has 0 saturated heterocycles. The number of phosphoric ester groups is 1. The number of quaternary nitrogens is 1. The van der Waals surface area contributed by atoms with E-state index < -0.39 is 20.0 Å². The molecular weight excluding hydrogens is 960 g/mol. The molecule has 0 spiro atoms. The van der Waals surface area contributed by atoms with Gasteiger partial charge in [-0.3, -0.25) is 13.8 Å². The van der Waals surface area contributed by atoms with Crippen LogP contribution in [0.5, 0.6) is 0 Å². The van der Waals surface area contributed by atoms with Crippen LogP contribution in [0.2, 0.25) is 0 Å². The van der Waals surface area contributed by atoms with E-state index >= 15 is 0 Å². The molecule has 9 heteroatoms. The van der Waals surface area contributed by atoms with Crippen molar-refractivity contribution in [2.24, 2.45) is 0 Å². The van der Waals surface area contributed by atoms with Crippen LogP contribution >= 0.6 is 7.82 Å². The van der Waals surface area contributed by atoms with Crippen LogP contribution in [0.4, 0.5) is 0 Å². The normalized spacial score (nSPS) is 14.5. The number of aliphatic hydroxyl groups excluding tert-OH is 1. The molecule has 0 saturated carbocycles. The zero-order valence-electron chi connectivity index (χ0n) is 50.2. The van der Waals surface area contributed by atoms with Crippen LogP contribution in [0.1, 0.15) is 271 Å². The second kappa shape index (κ2) is 57.1. The summed E-state index contributed by atoms with van der Waals surface area (Å²) >= 11 is 0. The van der Waals surface area contributed by atoms with Gasteiger partial charge in [0, 0.05) is 6.42 Å². The fourth-order valence-corrected chi connectivity index (χ4v) is 9.62. The molecule has 8 nitrogen and oxygen atoms in total. The van der Waals surface area contributed by atoms with Gasteiger partial charge in [-0.05, 0) is 83.5 Å². The van der Waals surface area contributed by atoms with Gasteiger partial charge in [-0.2, -0.15) is 0 Å². The van der Waals surface area contributed by atoms with E-state index in [-0.39, 0.29) is 19.1 Å². The van der Waals surface area contributed by atoms with Crippen molar-refractivity contribution in [3.63, 3.8) is 0 Å². The van der Waals surface area contributed by atoms with E-state index in [0.29, 0.717) is 17.4 Å². The van der Waals surface area contributed by atoms with Crippen LogP contribution in [0, 0.1) is 0 Å². The Morgan fingerprint density at radius 3 is 1.21 bits per heavy atom. The molecule has 3 unspecified atom stereocenters. The summed E-state index contributed by atoms with van der Waals surface area (Å²) in [6, 6.07) is -0.871. The van der Waals surface area contributed by atoms with Crippen LogP contribution in [-0.4, -0.2) is 73.4 Å². The molecule has 0 aromatic heterocycles. The second-order valence-corrected chi connectivity index (χ2v) is 23.8. The van der Waals surface area contributed by atoms with Crippen LogP contribution in [-0.2, 0) is 18.4 Å². The topological polar surface area (TPSA) is 105 Å². The van der Waals surface area contributed by atoms with Crippen molar-refractivity contribution < 1.29 is 32.9 Å². The summed E-state index contributed by atoms with van der Waals surface area (Å²) in [5.74, 6) is -0.190. The number of rotatable bonds is 57. The molecule has 0 heterocycles. The number of allylic oxidation sites excluding steroid dienone is 15. The van der Waals surface area contributed by atoms with Crippen molar-refractivity contribution in [2.45, 2.75) is 283 Å². The molecule has 0 radical (unpaired) electrons. The minimum Gasteiger partial charge on any atom is -0.387 e. The molecule has 0 aliphatic carbocycles. The highest BCUT2D eigenvalue weighted by Crippen LogP contribution is 2.43. The number of aliphatic hydroxyl groups is 1. The highest BCUT2D eigenvalue weighted by atomic mass is 31.2. The van der Waals surface area contributed by atoms with Crippen LogP contribution < -0.4 is 5.32 Å². The van der Waals surface area contributed by atoms with Crippen molar-refractivity contribution in [3.8, 4) is 0 Å². The van der Waals surface area contributed by atoms with Crippen LogP contribution in [0.15, 0.2) is 97.2 Å². The summed E-state index contributed by atoms with van der Waals surface area (Å²) in [5.41, 5.74) is 0. The first kappa shape index (κ1) is 73.4. The van der Waals surface area contributed by atoms with E-state index in [1.807, 2.05) is 27.2 Å². The third-order valence-corrected chi connectivity index (χ3v) is 14.8. The lowest BCUT2D eigenvalue weighted by Gasteiger charge is -2.25. The SMILES string of the molecule is CC/C=C\C/C=C\C/C=C\C/C=C\C/C=C\C/C=C\CCCCCCCCCCCCCCC(=O)NC(COP(=O)(O)OCC[N+](C)(C)C)C(O)/C=C/CC/C=C/CCCCCCCCCCCCCCCCCCC. The predicted octanol–water partition coefficient (Wildman–Crippen LogP) is 19.8. The minimum atomic E-state index is -4.36. The quantitative estimate of drug-likeness (QED) is 0.0243. The highest BCUT2D eigenvalue weighted by molar-refractivity contribution is 7.47. The molecule has 0 aromatic rings. The summed E-state index contributed by atoms with van der Waals surface area (Å²) in [4.78, 5) is 23.4. The number of hydrogen-bond acceptors (Lipinski definition) is 5. The van der Waals surface area contributed by atoms with Crippen molar-refractivity contribution in [2.75, 3.05) is 40.9 Å². The van der Waals surface area contributed by atoms with E-state index in [9.17, 15) is 19.4 Å². The van der Waals surface area contributed by atoms with E-state index in [1.165, 1.54) is 173 Å². The summed E-state index contributed by atoms with van der Waals surface area (Å²) in [7, 11) is 1.55. The number of likely N-dealkylation sites (N-methyl/N-ethyl adjacent to an activating group) is 1. The van der Waals surface area contributed by atoms with Gasteiger partial charge in [0.25, 0.3) is 0 Å². The first-order valence-corrected chi connectivity index (χ1v) is 33.1. The predicted molar refractivity (Wildman–Crippen MR) is 332 cm³/mol. The van der Waals surface area contributed by atoms with E-state index in [1.54, 1.807) is 6.08 Å². The van der Waals surface area contributed by atoms with Crippen molar-refractivity contribution in [3.05, 3.63) is 97.2 Å². The third kappa shape index (κ3) is 59.1. The van der Waals surface area contributed by atoms with Gasteiger partial charge in [-0.25, -0.2) is 4.57 Å². The Morgan fingerprint density at radius 2 is 0.803 bits per heavy atom. The Balaban J connectivity index is 4.20. The number of carbonyl (C=O) groups is 1. The third-order valence-electron chi connectivity index (χ3n) is 13.8. The van der Waals surface area contributed by atoms with Gasteiger partial charge in [0.1, 0.15) is 13.2 Å². The molecule has 3 atom stereocenters. The van der Waals surface area contributed by atoms with Gasteiger partial charge in [0.05, 0.1) is 39.9 Å². The van der Waals surface area contributed by atoms with Gasteiger partial charge in [-0.1, -0.05) is 278 Å². The van der Waals surface area contributed by atoms with Gasteiger partial charge >= 0.3 is 7.82 Å². The summed E-state index contributed by atoms with van der Waals surface area (Å²) in [6.45, 7) is 4.70. The minimum absolute atomic E-state index is 0.0522. The number of carbonyl (C=O) groups excluding carboxylic acids is 1. The average Bonchev–Trinajstić information content (AvgIpc) is 3.38. The molecule has 76 heavy (non-hydrogen) atoms. The molecule has 0 aliphatic heterocycles. The molecular formula is C67H122N2O6P+. The molecule has 3 N–H and O–H groups in total. The van der Waals surface area contributed by atoms with Crippen molar-refractivity contribution in [1.82, 2.24) is 5.32 Å². The number of unbranched alkanes of at least 4 members (excludes halogenated alkanes) is 30. The smallest absolute Gasteiger partial charge is 0.387 e. The number of nitrogens with one attached hydrogen (secondary N) is 1. The Morgan fingerprint density at radius 1 is 0.461 bits per heavy atom. The lowest BCUT2D eigenvalue weighted by atomic mass is 10.0. The zero-order chi connectivity index (χ0) is 55.6. The number of hydrogen-bond donors (Lipinski definition) is 3. The summed E-state index contributed by atoms with van der Waals surface area (Å²) < 4.78 is 23.7. The highest BCUT2D eigenvalue weighted by Gasteiger charge is 2.27. The van der Waals surface area contributed by atoms with Gasteiger partial charge in [0.15, 0.2) is 0 Å². The molecule has 0 rings (SSSR count). The Kier molecular flexibility index (Phi) is 55.2. The average molecular weight is 1080 g/mol. The molecule has 440 valence electrons. The monoisotopic (exact) mass is 1080 g/mol. The zero-order valence-corrected chi connectivity index (χ0v) is 51.1. The second-order valence-electron chi connectivity index (χ2n) is 22.4. The molecule has 0 bridgehead atoms. The molecule has 1 amide bonds. The molecule has 0 aliphatic rings. The van der Waals surface area contributed by atoms with E-state index in [4.69, 9.17) is 9.05 Å². The maximum Gasteiger partial charge on any atom is 0.472 e. The fraction of sp³-hybridized carbons (Fsp3) is 0.746. The van der Waals surface area contributed by atoms with Crippen molar-refractivity contribution >= 4 is 13.7 Å². The summed E-state index contributed by atoms with van der Waals surface area (Å²) in [5, 5.41) is 14.0. The lowest BCUT2D eigenvalue weighted by molar-refractivity contribution is -0.870. The standard InChI is InChI=1S/C67H121N2O6P/c1-6-8-10-12-14-16-18-20-22-24-26-28-30-31-32-33-34-35-36-37-39-41-43-45-47-49-51-53-55-57-59-61-67(71)68-65(64-75-76(72,73)74-63-62-69(3,4)5)66(70)60-58-56-54-52-50-48-46-44-42-40-38-29-27-25-23-21-19-17-15-13-11-9-7-2/h8,10,14,16,20,22,26,28,31-32,34-35,50,52,58,60,65-66,70H,6-7,9,11-13,15,17-19,21,23-25,27,29-30,33,36-49,51,53-57,59,61-64H2,1-5H3,(H-,68,71,72,73)/p+1/b10-8-,16-14-,22-20-,28-26-,32-31-,35-34-,52-50+,60-58+. The Bertz CT molecular complexity index is 1560. The first-order chi connectivity index (χ1) is 37.0. The molecule has 0 fully saturated rings. The lowest BCUT2D eigenvalue weighted by Crippen LogP contribution is -2.45. The van der Waals surface area contributed by atoms with Gasteiger partial charge < -0.3 is 19.8 Å². The van der Waals surface area contributed by atoms with Gasteiger partial charge in [-0.15, -0.1) is 0 Å². The Hall–Kier alpha value is -2.58. The molecule has 0 aromatic carbocycles. The largest absolute Gasteiger partial charge is 0.472 e. The number of nitrogens with zero attached hydrogens (tertiary/aromatic N) is 1. The van der Waals surface area contributed by atoms with Crippen LogP contribution in [0.25, 0.3) is 0 Å². The van der Waals surface area contributed by atoms with Crippen molar-refractivity contribution in [1.29, 1.82) is 0 Å².